The molecule has 148 valence electrons. The van der Waals surface area contributed by atoms with Crippen molar-refractivity contribution in [3.63, 3.8) is 0 Å². The minimum Gasteiger partial charge on any atom is -0.273 e. The van der Waals surface area contributed by atoms with E-state index in [1.807, 2.05) is 72.8 Å². The Bertz CT molecular complexity index is 799. The van der Waals surface area contributed by atoms with Crippen LogP contribution in [0.3, 0.4) is 0 Å². The highest BCUT2D eigenvalue weighted by Crippen LogP contribution is 2.00. The fourth-order valence-corrected chi connectivity index (χ4v) is 2.26. The Hall–Kier alpha value is -3.80. The lowest BCUT2D eigenvalue weighted by Crippen LogP contribution is -2.20. The Balaban J connectivity index is 1.55. The lowest BCUT2D eigenvalue weighted by Gasteiger charge is -1.99. The van der Waals surface area contributed by atoms with E-state index < -0.39 is 0 Å². The summed E-state index contributed by atoms with van der Waals surface area (Å²) < 4.78 is 0. The van der Waals surface area contributed by atoms with Crippen LogP contribution in [0.1, 0.15) is 30.4 Å². The highest BCUT2D eigenvalue weighted by Gasteiger charge is 2.03. The van der Waals surface area contributed by atoms with Crippen LogP contribution in [0, 0.1) is 0 Å². The molecule has 0 radical (unpaired) electrons. The van der Waals surface area contributed by atoms with Crippen molar-refractivity contribution >= 4 is 36.4 Å². The van der Waals surface area contributed by atoms with Crippen molar-refractivity contribution in [2.24, 2.45) is 10.2 Å². The summed E-state index contributed by atoms with van der Waals surface area (Å²) in [7, 11) is 0. The maximum absolute atomic E-state index is 11.7. The second-order valence-electron chi connectivity index (χ2n) is 6.02. The van der Waals surface area contributed by atoms with Gasteiger partial charge in [-0.25, -0.2) is 10.9 Å². The minimum absolute atomic E-state index is 0.213. The average Bonchev–Trinajstić information content (AvgIpc) is 2.75. The summed E-state index contributed by atoms with van der Waals surface area (Å²) in [4.78, 5) is 23.3. The zero-order valence-corrected chi connectivity index (χ0v) is 16.1. The van der Waals surface area contributed by atoms with E-state index in [1.54, 1.807) is 12.2 Å². The summed E-state index contributed by atoms with van der Waals surface area (Å²) in [5.41, 5.74) is 6.95. The molecule has 2 N–H and O–H groups in total. The van der Waals surface area contributed by atoms with Crippen molar-refractivity contribution in [1.29, 1.82) is 0 Å². The van der Waals surface area contributed by atoms with E-state index in [1.165, 1.54) is 12.4 Å². The third-order valence-corrected chi connectivity index (χ3v) is 3.68. The quantitative estimate of drug-likeness (QED) is 0.479. The normalized spacial score (nSPS) is 11.6. The van der Waals surface area contributed by atoms with Crippen LogP contribution in [0.5, 0.6) is 0 Å². The second kappa shape index (κ2) is 13.4. The van der Waals surface area contributed by atoms with Crippen LogP contribution in [-0.4, -0.2) is 24.2 Å². The van der Waals surface area contributed by atoms with Gasteiger partial charge in [0.25, 0.3) is 0 Å². The van der Waals surface area contributed by atoms with Crippen LogP contribution in [0.15, 0.2) is 83.0 Å². The van der Waals surface area contributed by atoms with Gasteiger partial charge >= 0.3 is 0 Å². The maximum atomic E-state index is 11.7. The topological polar surface area (TPSA) is 82.9 Å². The molecule has 0 spiro atoms. The van der Waals surface area contributed by atoms with E-state index in [9.17, 15) is 9.59 Å². The molecule has 2 amide bonds. The third kappa shape index (κ3) is 10.2. The smallest absolute Gasteiger partial charge is 0.240 e. The molecule has 6 heteroatoms. The monoisotopic (exact) mass is 388 g/mol. The summed E-state index contributed by atoms with van der Waals surface area (Å²) >= 11 is 0. The lowest BCUT2D eigenvalue weighted by atomic mass is 10.2. The van der Waals surface area contributed by atoms with Gasteiger partial charge in [0.05, 0.1) is 0 Å². The average molecular weight is 388 g/mol. The minimum atomic E-state index is -0.239. The van der Waals surface area contributed by atoms with Crippen LogP contribution >= 0.6 is 0 Å². The van der Waals surface area contributed by atoms with E-state index in [0.717, 1.165) is 11.1 Å². The van der Waals surface area contributed by atoms with Gasteiger partial charge in [0.1, 0.15) is 0 Å². The molecule has 0 saturated carbocycles. The molecule has 0 aromatic heterocycles. The number of hydrogen-bond donors (Lipinski definition) is 2. The van der Waals surface area contributed by atoms with Crippen LogP contribution in [-0.2, 0) is 9.59 Å². The number of rotatable bonds is 10. The first kappa shape index (κ1) is 21.5. The first-order chi connectivity index (χ1) is 14.2. The summed E-state index contributed by atoms with van der Waals surface area (Å²) in [6, 6.07) is 19.6. The van der Waals surface area contributed by atoms with Crippen LogP contribution < -0.4 is 10.9 Å². The largest absolute Gasteiger partial charge is 0.273 e. The number of hydrazone groups is 2. The van der Waals surface area contributed by atoms with Gasteiger partial charge in [-0.2, -0.15) is 10.2 Å². The van der Waals surface area contributed by atoms with Crippen molar-refractivity contribution in [2.45, 2.75) is 19.3 Å². The molecular weight excluding hydrogens is 364 g/mol. The summed E-state index contributed by atoms with van der Waals surface area (Å²) in [5, 5.41) is 7.67. The van der Waals surface area contributed by atoms with Gasteiger partial charge in [-0.3, -0.25) is 9.59 Å². The molecule has 0 atom stereocenters. The van der Waals surface area contributed by atoms with Crippen LogP contribution in [0.2, 0.25) is 0 Å². The summed E-state index contributed by atoms with van der Waals surface area (Å²) in [5.74, 6) is -0.479. The van der Waals surface area contributed by atoms with E-state index in [4.69, 9.17) is 0 Å². The van der Waals surface area contributed by atoms with Crippen LogP contribution in [0.4, 0.5) is 0 Å². The molecule has 0 saturated heterocycles. The first-order valence-corrected chi connectivity index (χ1v) is 9.31. The molecule has 6 nitrogen and oxygen atoms in total. The van der Waals surface area contributed by atoms with Crippen molar-refractivity contribution < 1.29 is 9.59 Å². The van der Waals surface area contributed by atoms with E-state index >= 15 is 0 Å². The molecule has 0 fully saturated rings. The predicted molar refractivity (Wildman–Crippen MR) is 118 cm³/mol. The van der Waals surface area contributed by atoms with Gasteiger partial charge in [0, 0.05) is 25.3 Å². The Kier molecular flexibility index (Phi) is 9.92. The van der Waals surface area contributed by atoms with Gasteiger partial charge in [-0.15, -0.1) is 0 Å². The number of amides is 2. The fraction of sp³-hybridized carbons (Fsp3) is 0.130. The van der Waals surface area contributed by atoms with E-state index in [-0.39, 0.29) is 24.7 Å². The van der Waals surface area contributed by atoms with Crippen LogP contribution in [0.25, 0.3) is 12.2 Å². The zero-order chi connectivity index (χ0) is 20.6. The molecule has 2 rings (SSSR count). The predicted octanol–water partition coefficient (Wildman–Crippen LogP) is 3.79. The van der Waals surface area contributed by atoms with Crippen molar-refractivity contribution in [3.8, 4) is 0 Å². The van der Waals surface area contributed by atoms with Gasteiger partial charge in [-0.05, 0) is 29.7 Å². The van der Waals surface area contributed by atoms with Crippen molar-refractivity contribution in [1.82, 2.24) is 10.9 Å². The Morgan fingerprint density at radius 1 is 0.690 bits per heavy atom. The Morgan fingerprint density at radius 2 is 1.10 bits per heavy atom. The number of carbonyl (C=O) groups excluding carboxylic acids is 2. The number of nitrogens with zero attached hydrogens (tertiary/aromatic N) is 2. The maximum Gasteiger partial charge on any atom is 0.240 e. The number of hydrogen-bond acceptors (Lipinski definition) is 4. The van der Waals surface area contributed by atoms with Crippen molar-refractivity contribution in [2.75, 3.05) is 0 Å². The number of benzene rings is 2. The molecule has 0 unspecified atom stereocenters. The highest BCUT2D eigenvalue weighted by molar-refractivity contribution is 5.83. The standard InChI is InChI=1S/C23H24N4O2/c28-22(26-24-18-8-14-20-10-3-1-4-11-20)16-7-17-23(29)27-25-19-9-15-21-12-5-2-6-13-21/h1-6,8-15,18-19H,7,16-17H2,(H,26,28)(H,27,29)/b14-8+,15-9+,24-18-,25-19-. The molecule has 29 heavy (non-hydrogen) atoms. The number of carbonyl (C=O) groups is 2. The zero-order valence-electron chi connectivity index (χ0n) is 16.1. The van der Waals surface area contributed by atoms with Crippen molar-refractivity contribution in [3.05, 3.63) is 83.9 Å². The number of nitrogens with one attached hydrogen (secondary N) is 2. The van der Waals surface area contributed by atoms with Gasteiger partial charge < -0.3 is 0 Å². The summed E-state index contributed by atoms with van der Waals surface area (Å²) in [6.45, 7) is 0. The molecule has 2 aromatic carbocycles. The molecular formula is C23H24N4O2. The summed E-state index contributed by atoms with van der Waals surface area (Å²) in [6.07, 6.45) is 11.1. The van der Waals surface area contributed by atoms with Gasteiger partial charge in [0.15, 0.2) is 0 Å². The van der Waals surface area contributed by atoms with Gasteiger partial charge in [-0.1, -0.05) is 72.8 Å². The SMILES string of the molecule is O=C(CCCC(=O)N/N=C\C=C\c1ccccc1)N/N=C\C=C\c1ccccc1. The molecule has 0 aliphatic rings. The lowest BCUT2D eigenvalue weighted by molar-refractivity contribution is -0.122. The Morgan fingerprint density at radius 3 is 1.52 bits per heavy atom. The molecule has 0 bridgehead atoms. The molecule has 2 aromatic rings. The van der Waals surface area contributed by atoms with E-state index in [0.29, 0.717) is 6.42 Å². The molecule has 0 aliphatic heterocycles. The number of allylic oxidation sites excluding steroid dienone is 2. The second-order valence-corrected chi connectivity index (χ2v) is 6.02. The molecule has 0 heterocycles. The Labute approximate surface area is 170 Å². The van der Waals surface area contributed by atoms with E-state index in [2.05, 4.69) is 21.1 Å². The fourth-order valence-electron chi connectivity index (χ4n) is 2.26. The third-order valence-electron chi connectivity index (χ3n) is 3.68. The molecule has 0 aliphatic carbocycles. The van der Waals surface area contributed by atoms with Gasteiger partial charge in [0.2, 0.25) is 11.8 Å². The first-order valence-electron chi connectivity index (χ1n) is 9.31. The highest BCUT2D eigenvalue weighted by atomic mass is 16.2.